The summed E-state index contributed by atoms with van der Waals surface area (Å²) in [6.45, 7) is 3.31. The van der Waals surface area contributed by atoms with Gasteiger partial charge in [0.2, 0.25) is 0 Å². The number of hydrogen-bond acceptors (Lipinski definition) is 5. The van der Waals surface area contributed by atoms with Crippen LogP contribution in [0, 0.1) is 17.4 Å². The molecule has 166 valence electrons. The van der Waals surface area contributed by atoms with E-state index in [-0.39, 0.29) is 11.3 Å². The van der Waals surface area contributed by atoms with Crippen molar-refractivity contribution < 1.29 is 23.9 Å². The third-order valence-corrected chi connectivity index (χ3v) is 5.85. The van der Waals surface area contributed by atoms with Crippen LogP contribution in [0.15, 0.2) is 60.7 Å². The number of esters is 1. The summed E-state index contributed by atoms with van der Waals surface area (Å²) in [6, 6.07) is 16.4. The van der Waals surface area contributed by atoms with E-state index < -0.39 is 30.3 Å². The predicted molar refractivity (Wildman–Crippen MR) is 132 cm³/mol. The number of fused-ring (bicyclic) bond motifs is 1. The van der Waals surface area contributed by atoms with Gasteiger partial charge in [-0.15, -0.1) is 0 Å². The Morgan fingerprint density at radius 2 is 1.52 bits per heavy atom. The molecule has 0 saturated heterocycles. The molecule has 0 aromatic heterocycles. The molecule has 3 aromatic rings. The summed E-state index contributed by atoms with van der Waals surface area (Å²) in [5, 5.41) is 2.77. The van der Waals surface area contributed by atoms with Crippen LogP contribution < -0.4 is 10.2 Å². The van der Waals surface area contributed by atoms with E-state index in [1.807, 2.05) is 26.0 Å². The van der Waals surface area contributed by atoms with Gasteiger partial charge in [-0.3, -0.25) is 14.4 Å². The number of carbonyl (C=O) groups excluding carboxylic acids is 4. The fraction of sp³-hybridized carbons (Fsp3) is 0.120. The summed E-state index contributed by atoms with van der Waals surface area (Å²) in [6.07, 6.45) is 0. The van der Waals surface area contributed by atoms with Gasteiger partial charge < -0.3 is 10.1 Å². The first kappa shape index (κ1) is 22.7. The zero-order chi connectivity index (χ0) is 23.7. The second kappa shape index (κ2) is 9.14. The number of nitrogens with one attached hydrogen (secondary N) is 1. The smallest absolute Gasteiger partial charge is 0.338 e. The molecule has 8 heteroatoms. The molecule has 0 radical (unpaired) electrons. The molecule has 1 N–H and O–H groups in total. The highest BCUT2D eigenvalue weighted by Crippen LogP contribution is 2.29. The lowest BCUT2D eigenvalue weighted by Gasteiger charge is -2.15. The van der Waals surface area contributed by atoms with Gasteiger partial charge in [0.05, 0.1) is 22.4 Å². The molecule has 0 aliphatic carbocycles. The van der Waals surface area contributed by atoms with Crippen LogP contribution in [0.3, 0.4) is 0 Å². The Labute approximate surface area is 203 Å². The Morgan fingerprint density at radius 1 is 0.909 bits per heavy atom. The maximum absolute atomic E-state index is 12.7. The van der Waals surface area contributed by atoms with Crippen molar-refractivity contribution in [2.45, 2.75) is 13.8 Å². The molecule has 1 aliphatic heterocycles. The maximum atomic E-state index is 12.7. The Hall–Kier alpha value is -3.53. The number of hydrogen-bond donors (Lipinski definition) is 1. The second-order valence-electron chi connectivity index (χ2n) is 7.58. The third kappa shape index (κ3) is 4.51. The molecule has 0 saturated carbocycles. The van der Waals surface area contributed by atoms with Crippen LogP contribution in [0.25, 0.3) is 0 Å². The summed E-state index contributed by atoms with van der Waals surface area (Å²) in [5.41, 5.74) is 3.51. The summed E-state index contributed by atoms with van der Waals surface area (Å²) in [7, 11) is 0. The fourth-order valence-electron chi connectivity index (χ4n) is 3.69. The van der Waals surface area contributed by atoms with Crippen LogP contribution >= 0.6 is 22.6 Å². The van der Waals surface area contributed by atoms with Gasteiger partial charge in [0.1, 0.15) is 0 Å². The van der Waals surface area contributed by atoms with Crippen molar-refractivity contribution >= 4 is 57.7 Å². The van der Waals surface area contributed by atoms with E-state index in [9.17, 15) is 19.2 Å². The van der Waals surface area contributed by atoms with E-state index in [0.29, 0.717) is 16.8 Å². The summed E-state index contributed by atoms with van der Waals surface area (Å²) in [5.74, 6) is -2.11. The summed E-state index contributed by atoms with van der Waals surface area (Å²) in [4.78, 5) is 51.3. The van der Waals surface area contributed by atoms with Crippen LogP contribution in [-0.2, 0) is 9.53 Å². The molecule has 4 rings (SSSR count). The van der Waals surface area contributed by atoms with Crippen molar-refractivity contribution in [2.24, 2.45) is 0 Å². The van der Waals surface area contributed by atoms with Gasteiger partial charge >= 0.3 is 5.97 Å². The molecule has 0 bridgehead atoms. The maximum Gasteiger partial charge on any atom is 0.338 e. The van der Waals surface area contributed by atoms with Crippen molar-refractivity contribution in [3.05, 3.63) is 92.1 Å². The number of aryl methyl sites for hydroxylation is 2. The minimum atomic E-state index is -0.736. The second-order valence-corrected chi connectivity index (χ2v) is 8.83. The molecule has 0 spiro atoms. The van der Waals surface area contributed by atoms with Crippen molar-refractivity contribution in [3.63, 3.8) is 0 Å². The molecule has 3 aromatic carbocycles. The van der Waals surface area contributed by atoms with Gasteiger partial charge in [-0.25, -0.2) is 9.69 Å². The Bertz CT molecular complexity index is 1260. The molecule has 33 heavy (non-hydrogen) atoms. The topological polar surface area (TPSA) is 92.8 Å². The summed E-state index contributed by atoms with van der Waals surface area (Å²) >= 11 is 2.20. The highest BCUT2D eigenvalue weighted by molar-refractivity contribution is 14.1. The number of nitrogens with zero attached hydrogens (tertiary/aromatic N) is 1. The molecular weight excluding hydrogens is 535 g/mol. The lowest BCUT2D eigenvalue weighted by Crippen LogP contribution is -2.29. The van der Waals surface area contributed by atoms with Crippen LogP contribution in [0.5, 0.6) is 0 Å². The van der Waals surface area contributed by atoms with E-state index in [2.05, 4.69) is 27.9 Å². The van der Waals surface area contributed by atoms with Crippen molar-refractivity contribution in [2.75, 3.05) is 16.8 Å². The Kier molecular flexibility index (Phi) is 6.28. The number of amides is 3. The number of anilines is 2. The zero-order valence-corrected chi connectivity index (χ0v) is 20.0. The standard InChI is InChI=1S/C25H19IN2O5/c1-14-10-17(26)11-15(2)22(14)27-21(29)13-33-25(32)16-6-5-7-18(12-16)28-23(30)19-8-3-4-9-20(19)24(28)31/h3-12H,13H2,1-2H3,(H,27,29). The van der Waals surface area contributed by atoms with Gasteiger partial charge in [0.15, 0.2) is 6.61 Å². The SMILES string of the molecule is Cc1cc(I)cc(C)c1NC(=O)COC(=O)c1cccc(N2C(=O)c3ccccc3C2=O)c1. The number of ether oxygens (including phenoxy) is 1. The molecule has 0 atom stereocenters. The van der Waals surface area contributed by atoms with Gasteiger partial charge in [-0.1, -0.05) is 18.2 Å². The van der Waals surface area contributed by atoms with E-state index in [4.69, 9.17) is 4.74 Å². The number of carbonyl (C=O) groups is 4. The number of rotatable bonds is 5. The third-order valence-electron chi connectivity index (χ3n) is 5.23. The fourth-order valence-corrected chi connectivity index (χ4v) is 4.63. The lowest BCUT2D eigenvalue weighted by atomic mass is 10.1. The number of imide groups is 1. The average Bonchev–Trinajstić information content (AvgIpc) is 3.05. The van der Waals surface area contributed by atoms with Crippen LogP contribution in [0.4, 0.5) is 11.4 Å². The highest BCUT2D eigenvalue weighted by Gasteiger charge is 2.36. The van der Waals surface area contributed by atoms with E-state index in [0.717, 1.165) is 19.6 Å². The van der Waals surface area contributed by atoms with Gasteiger partial charge in [-0.2, -0.15) is 0 Å². The average molecular weight is 554 g/mol. The van der Waals surface area contributed by atoms with Crippen LogP contribution in [0.2, 0.25) is 0 Å². The molecule has 0 fully saturated rings. The quantitative estimate of drug-likeness (QED) is 0.285. The van der Waals surface area contributed by atoms with Crippen molar-refractivity contribution in [1.29, 1.82) is 0 Å². The van der Waals surface area contributed by atoms with Gasteiger partial charge in [0.25, 0.3) is 17.7 Å². The largest absolute Gasteiger partial charge is 0.452 e. The molecule has 7 nitrogen and oxygen atoms in total. The Morgan fingerprint density at radius 3 is 2.12 bits per heavy atom. The first-order valence-electron chi connectivity index (χ1n) is 10.1. The van der Waals surface area contributed by atoms with Crippen molar-refractivity contribution in [3.8, 4) is 0 Å². The molecule has 1 heterocycles. The van der Waals surface area contributed by atoms with E-state index >= 15 is 0 Å². The zero-order valence-electron chi connectivity index (χ0n) is 17.8. The van der Waals surface area contributed by atoms with Crippen molar-refractivity contribution in [1.82, 2.24) is 0 Å². The van der Waals surface area contributed by atoms with E-state index in [1.54, 1.807) is 36.4 Å². The molecule has 0 unspecified atom stereocenters. The van der Waals surface area contributed by atoms with Gasteiger partial charge in [0, 0.05) is 9.26 Å². The van der Waals surface area contributed by atoms with E-state index in [1.165, 1.54) is 12.1 Å². The predicted octanol–water partition coefficient (Wildman–Crippen LogP) is 4.50. The Balaban J connectivity index is 1.44. The highest BCUT2D eigenvalue weighted by atomic mass is 127. The number of halogens is 1. The monoisotopic (exact) mass is 554 g/mol. The number of benzene rings is 3. The van der Waals surface area contributed by atoms with Crippen LogP contribution in [-0.4, -0.2) is 30.3 Å². The first-order chi connectivity index (χ1) is 15.8. The minimum absolute atomic E-state index is 0.124. The van der Waals surface area contributed by atoms with Crippen LogP contribution in [0.1, 0.15) is 42.2 Å². The normalized spacial score (nSPS) is 12.5. The molecular formula is C25H19IN2O5. The molecule has 3 amide bonds. The minimum Gasteiger partial charge on any atom is -0.452 e. The lowest BCUT2D eigenvalue weighted by molar-refractivity contribution is -0.119. The molecule has 1 aliphatic rings. The van der Waals surface area contributed by atoms with Gasteiger partial charge in [-0.05, 0) is 90.0 Å². The first-order valence-corrected chi connectivity index (χ1v) is 11.2. The summed E-state index contributed by atoms with van der Waals surface area (Å²) < 4.78 is 6.22.